The number of benzene rings is 2. The molecule has 0 saturated heterocycles. The van der Waals surface area contributed by atoms with Crippen molar-refractivity contribution in [1.29, 1.82) is 0 Å². The first-order valence-electron chi connectivity index (χ1n) is 7.81. The number of amides is 2. The second-order valence-electron chi connectivity index (χ2n) is 5.92. The molecule has 2 amide bonds. The molecular formula is C19H13N3O4. The molecule has 3 aromatic rings. The van der Waals surface area contributed by atoms with Crippen molar-refractivity contribution < 1.29 is 19.5 Å². The third-order valence-corrected chi connectivity index (χ3v) is 4.37. The summed E-state index contributed by atoms with van der Waals surface area (Å²) in [7, 11) is 1.79. The second kappa shape index (κ2) is 5.66. The Morgan fingerprint density at radius 2 is 1.69 bits per heavy atom. The molecule has 1 aromatic heterocycles. The van der Waals surface area contributed by atoms with Gasteiger partial charge in [0.15, 0.2) is 0 Å². The van der Waals surface area contributed by atoms with Gasteiger partial charge in [0.25, 0.3) is 11.8 Å². The normalized spacial score (nSPS) is 13.2. The van der Waals surface area contributed by atoms with Crippen LogP contribution in [0.25, 0.3) is 11.3 Å². The molecule has 4 rings (SSSR count). The molecule has 0 atom stereocenters. The van der Waals surface area contributed by atoms with Crippen molar-refractivity contribution in [2.24, 2.45) is 7.05 Å². The summed E-state index contributed by atoms with van der Waals surface area (Å²) >= 11 is 0. The number of aromatic carboxylic acids is 1. The third-order valence-electron chi connectivity index (χ3n) is 4.37. The number of hydrogen-bond donors (Lipinski definition) is 1. The number of nitrogens with zero attached hydrogens (tertiary/aromatic N) is 3. The number of aromatic nitrogens is 2. The van der Waals surface area contributed by atoms with Gasteiger partial charge in [-0.2, -0.15) is 0 Å². The van der Waals surface area contributed by atoms with E-state index in [0.717, 1.165) is 10.6 Å². The Morgan fingerprint density at radius 1 is 1.04 bits per heavy atom. The van der Waals surface area contributed by atoms with E-state index in [2.05, 4.69) is 4.98 Å². The molecule has 26 heavy (non-hydrogen) atoms. The number of fused-ring (bicyclic) bond motifs is 1. The largest absolute Gasteiger partial charge is 0.478 e. The lowest BCUT2D eigenvalue weighted by Crippen LogP contribution is -2.31. The van der Waals surface area contributed by atoms with E-state index in [1.54, 1.807) is 54.5 Å². The highest BCUT2D eigenvalue weighted by atomic mass is 16.4. The summed E-state index contributed by atoms with van der Waals surface area (Å²) in [6.07, 6.45) is 3.22. The van der Waals surface area contributed by atoms with Gasteiger partial charge in [0.1, 0.15) is 0 Å². The SMILES string of the molecule is Cn1cncc1-c1ccc(N2C(=O)c3ccccc3C2=O)c(C(=O)O)c1. The summed E-state index contributed by atoms with van der Waals surface area (Å²) in [6.45, 7) is 0. The van der Waals surface area contributed by atoms with Gasteiger partial charge >= 0.3 is 5.97 Å². The van der Waals surface area contributed by atoms with Crippen molar-refractivity contribution in [3.63, 3.8) is 0 Å². The van der Waals surface area contributed by atoms with E-state index < -0.39 is 17.8 Å². The smallest absolute Gasteiger partial charge is 0.337 e. The maximum Gasteiger partial charge on any atom is 0.337 e. The number of carbonyl (C=O) groups is 3. The van der Waals surface area contributed by atoms with Crippen LogP contribution in [0, 0.1) is 0 Å². The number of rotatable bonds is 3. The monoisotopic (exact) mass is 347 g/mol. The summed E-state index contributed by atoms with van der Waals surface area (Å²) < 4.78 is 1.75. The van der Waals surface area contributed by atoms with Crippen LogP contribution in [0.2, 0.25) is 0 Å². The van der Waals surface area contributed by atoms with Gasteiger partial charge in [0.05, 0.1) is 40.6 Å². The van der Waals surface area contributed by atoms with Crippen molar-refractivity contribution in [3.05, 3.63) is 71.7 Å². The number of hydrogen-bond acceptors (Lipinski definition) is 4. The summed E-state index contributed by atoms with van der Waals surface area (Å²) in [5.41, 5.74) is 1.81. The topological polar surface area (TPSA) is 92.5 Å². The molecule has 2 heterocycles. The van der Waals surface area contributed by atoms with Gasteiger partial charge in [-0.3, -0.25) is 9.59 Å². The van der Waals surface area contributed by atoms with Crippen LogP contribution in [-0.2, 0) is 7.05 Å². The van der Waals surface area contributed by atoms with E-state index in [4.69, 9.17) is 0 Å². The van der Waals surface area contributed by atoms with Gasteiger partial charge < -0.3 is 9.67 Å². The number of carboxylic acids is 1. The van der Waals surface area contributed by atoms with Crippen LogP contribution in [0.4, 0.5) is 5.69 Å². The van der Waals surface area contributed by atoms with Crippen molar-refractivity contribution in [2.45, 2.75) is 0 Å². The summed E-state index contributed by atoms with van der Waals surface area (Å²) in [4.78, 5) is 42.0. The van der Waals surface area contributed by atoms with Crippen LogP contribution in [0.5, 0.6) is 0 Å². The van der Waals surface area contributed by atoms with Gasteiger partial charge in [-0.05, 0) is 24.3 Å². The fourth-order valence-electron chi connectivity index (χ4n) is 3.11. The van der Waals surface area contributed by atoms with Crippen LogP contribution in [0.15, 0.2) is 55.0 Å². The molecule has 128 valence electrons. The van der Waals surface area contributed by atoms with E-state index in [0.29, 0.717) is 5.56 Å². The molecule has 0 spiro atoms. The number of anilines is 1. The second-order valence-corrected chi connectivity index (χ2v) is 5.92. The molecule has 1 aliphatic heterocycles. The molecule has 1 aliphatic rings. The predicted molar refractivity (Wildman–Crippen MR) is 93.2 cm³/mol. The van der Waals surface area contributed by atoms with Crippen LogP contribution >= 0.6 is 0 Å². The van der Waals surface area contributed by atoms with Gasteiger partial charge in [-0.1, -0.05) is 18.2 Å². The highest BCUT2D eigenvalue weighted by Gasteiger charge is 2.38. The lowest BCUT2D eigenvalue weighted by molar-refractivity contribution is 0.0698. The molecule has 2 aromatic carbocycles. The zero-order chi connectivity index (χ0) is 18.4. The highest BCUT2D eigenvalue weighted by molar-refractivity contribution is 6.35. The van der Waals surface area contributed by atoms with Crippen LogP contribution in [0.3, 0.4) is 0 Å². The fraction of sp³-hybridized carbons (Fsp3) is 0.0526. The molecule has 1 N–H and O–H groups in total. The highest BCUT2D eigenvalue weighted by Crippen LogP contribution is 2.33. The average Bonchev–Trinajstić information content (AvgIpc) is 3.17. The minimum atomic E-state index is -1.22. The quantitative estimate of drug-likeness (QED) is 0.735. The van der Waals surface area contributed by atoms with Crippen molar-refractivity contribution >= 4 is 23.5 Å². The van der Waals surface area contributed by atoms with Crippen LogP contribution in [0.1, 0.15) is 31.1 Å². The molecule has 0 unspecified atom stereocenters. The summed E-state index contributed by atoms with van der Waals surface area (Å²) in [6, 6.07) is 11.0. The maximum atomic E-state index is 12.6. The standard InChI is InChI=1S/C19H13N3O4/c1-21-10-20-9-16(21)11-6-7-15(14(8-11)19(25)26)22-17(23)12-4-2-3-5-13(12)18(22)24/h2-10H,1H3,(H,25,26). The van der Waals surface area contributed by atoms with E-state index >= 15 is 0 Å². The predicted octanol–water partition coefficient (Wildman–Crippen LogP) is 2.59. The first kappa shape index (κ1) is 15.8. The van der Waals surface area contributed by atoms with Crippen molar-refractivity contribution in [2.75, 3.05) is 4.90 Å². The Hall–Kier alpha value is -3.74. The van der Waals surface area contributed by atoms with Gasteiger partial charge in [0, 0.05) is 12.6 Å². The van der Waals surface area contributed by atoms with Crippen molar-refractivity contribution in [3.8, 4) is 11.3 Å². The first-order valence-corrected chi connectivity index (χ1v) is 7.81. The molecule has 0 saturated carbocycles. The van der Waals surface area contributed by atoms with E-state index in [1.165, 1.54) is 12.1 Å². The van der Waals surface area contributed by atoms with Gasteiger partial charge in [-0.15, -0.1) is 0 Å². The Kier molecular flexibility index (Phi) is 3.43. The maximum absolute atomic E-state index is 12.6. The Bertz CT molecular complexity index is 1050. The third kappa shape index (κ3) is 2.21. The lowest BCUT2D eigenvalue weighted by atomic mass is 10.1. The number of carboxylic acid groups (broad SMARTS) is 1. The molecule has 7 heteroatoms. The first-order chi connectivity index (χ1) is 12.5. The van der Waals surface area contributed by atoms with Crippen LogP contribution < -0.4 is 4.90 Å². The molecule has 0 bridgehead atoms. The molecule has 0 radical (unpaired) electrons. The lowest BCUT2D eigenvalue weighted by Gasteiger charge is -2.17. The van der Waals surface area contributed by atoms with Crippen LogP contribution in [-0.4, -0.2) is 32.4 Å². The Labute approximate surface area is 148 Å². The molecular weight excluding hydrogens is 334 g/mol. The summed E-state index contributed by atoms with van der Waals surface area (Å²) in [5, 5.41) is 9.64. The number of aryl methyl sites for hydroxylation is 1. The average molecular weight is 347 g/mol. The Morgan fingerprint density at radius 3 is 2.23 bits per heavy atom. The van der Waals surface area contributed by atoms with Crippen molar-refractivity contribution in [1.82, 2.24) is 9.55 Å². The summed E-state index contributed by atoms with van der Waals surface area (Å²) in [5.74, 6) is -2.27. The van der Waals surface area contributed by atoms with E-state index in [-0.39, 0.29) is 22.4 Å². The fourth-order valence-corrected chi connectivity index (χ4v) is 3.11. The number of carbonyl (C=O) groups excluding carboxylic acids is 2. The zero-order valence-corrected chi connectivity index (χ0v) is 13.7. The minimum Gasteiger partial charge on any atom is -0.478 e. The Balaban J connectivity index is 1.86. The van der Waals surface area contributed by atoms with Gasteiger partial charge in [0.2, 0.25) is 0 Å². The van der Waals surface area contributed by atoms with E-state index in [1.807, 2.05) is 0 Å². The number of imidazole rings is 1. The number of imide groups is 1. The molecule has 0 aliphatic carbocycles. The van der Waals surface area contributed by atoms with E-state index in [9.17, 15) is 19.5 Å². The minimum absolute atomic E-state index is 0.0506. The zero-order valence-electron chi connectivity index (χ0n) is 13.7. The molecule has 0 fully saturated rings. The molecule has 7 nitrogen and oxygen atoms in total. The van der Waals surface area contributed by atoms with Gasteiger partial charge in [-0.25, -0.2) is 14.7 Å².